The highest BCUT2D eigenvalue weighted by Gasteiger charge is 2.07. The zero-order valence-corrected chi connectivity index (χ0v) is 8.13. The number of carbonyl (C=O) groups is 1. The molecule has 0 radical (unpaired) electrons. The van der Waals surface area contributed by atoms with E-state index >= 15 is 0 Å². The van der Waals surface area contributed by atoms with Crippen LogP contribution in [-0.4, -0.2) is 44.5 Å². The summed E-state index contributed by atoms with van der Waals surface area (Å²) in [5, 5.41) is 2.58. The molecule has 0 saturated carbocycles. The van der Waals surface area contributed by atoms with E-state index in [2.05, 4.69) is 12.2 Å². The summed E-state index contributed by atoms with van der Waals surface area (Å²) >= 11 is 0. The maximum absolute atomic E-state index is 10.9. The average molecular weight is 173 g/mol. The minimum absolute atomic E-state index is 0.0433. The molecule has 1 unspecified atom stereocenters. The fourth-order valence-electron chi connectivity index (χ4n) is 0.995. The Bertz CT molecular complexity index is 138. The van der Waals surface area contributed by atoms with E-state index in [4.69, 9.17) is 5.73 Å². The molecule has 0 spiro atoms. The van der Waals surface area contributed by atoms with E-state index in [9.17, 15) is 4.79 Å². The fourth-order valence-corrected chi connectivity index (χ4v) is 0.995. The number of hydrogen-bond acceptors (Lipinski definition) is 3. The van der Waals surface area contributed by atoms with Gasteiger partial charge < -0.3 is 11.1 Å². The van der Waals surface area contributed by atoms with Gasteiger partial charge in [-0.1, -0.05) is 6.92 Å². The zero-order valence-electron chi connectivity index (χ0n) is 8.13. The minimum atomic E-state index is 0.0433. The number of nitrogens with two attached hydrogens (primary N) is 1. The molecule has 12 heavy (non-hydrogen) atoms. The van der Waals surface area contributed by atoms with E-state index < -0.39 is 0 Å². The second-order valence-corrected chi connectivity index (χ2v) is 3.21. The summed E-state index contributed by atoms with van der Waals surface area (Å²) in [4.78, 5) is 12.9. The van der Waals surface area contributed by atoms with Crippen molar-refractivity contribution in [2.24, 2.45) is 11.7 Å². The molecule has 0 aliphatic rings. The topological polar surface area (TPSA) is 58.4 Å². The monoisotopic (exact) mass is 173 g/mol. The zero-order chi connectivity index (χ0) is 9.56. The van der Waals surface area contributed by atoms with Gasteiger partial charge >= 0.3 is 0 Å². The smallest absolute Gasteiger partial charge is 0.233 e. The van der Waals surface area contributed by atoms with Crippen molar-refractivity contribution in [3.05, 3.63) is 0 Å². The van der Waals surface area contributed by atoms with Crippen molar-refractivity contribution in [1.29, 1.82) is 0 Å². The Balaban J connectivity index is 3.58. The molecule has 1 amide bonds. The highest BCUT2D eigenvalue weighted by Crippen LogP contribution is 1.94. The maximum atomic E-state index is 10.9. The first-order valence-electron chi connectivity index (χ1n) is 4.19. The van der Waals surface area contributed by atoms with Crippen molar-refractivity contribution in [3.8, 4) is 0 Å². The van der Waals surface area contributed by atoms with Crippen molar-refractivity contribution in [3.63, 3.8) is 0 Å². The van der Waals surface area contributed by atoms with Crippen LogP contribution in [0.5, 0.6) is 0 Å². The van der Waals surface area contributed by atoms with E-state index in [-0.39, 0.29) is 5.91 Å². The third-order valence-corrected chi connectivity index (χ3v) is 1.72. The quantitative estimate of drug-likeness (QED) is 0.575. The summed E-state index contributed by atoms with van der Waals surface area (Å²) in [6, 6.07) is 0. The second kappa shape index (κ2) is 5.97. The minimum Gasteiger partial charge on any atom is -0.358 e. The Morgan fingerprint density at radius 3 is 2.67 bits per heavy atom. The molecular formula is C8H19N3O. The second-order valence-electron chi connectivity index (χ2n) is 3.21. The molecule has 0 aromatic heterocycles. The molecule has 0 saturated heterocycles. The Morgan fingerprint density at radius 2 is 2.25 bits per heavy atom. The molecule has 0 aliphatic carbocycles. The highest BCUT2D eigenvalue weighted by atomic mass is 16.1. The molecule has 1 atom stereocenters. The van der Waals surface area contributed by atoms with Crippen LogP contribution in [0.3, 0.4) is 0 Å². The number of amides is 1. The van der Waals surface area contributed by atoms with Gasteiger partial charge in [-0.05, 0) is 19.5 Å². The largest absolute Gasteiger partial charge is 0.358 e. The van der Waals surface area contributed by atoms with Crippen LogP contribution in [0, 0.1) is 5.92 Å². The lowest BCUT2D eigenvalue weighted by Gasteiger charge is -2.18. The van der Waals surface area contributed by atoms with E-state index in [1.54, 1.807) is 7.05 Å². The van der Waals surface area contributed by atoms with Gasteiger partial charge in [-0.2, -0.15) is 0 Å². The third kappa shape index (κ3) is 5.09. The van der Waals surface area contributed by atoms with Gasteiger partial charge in [-0.3, -0.25) is 9.69 Å². The van der Waals surface area contributed by atoms with E-state index in [1.165, 1.54) is 0 Å². The van der Waals surface area contributed by atoms with Crippen molar-refractivity contribution in [1.82, 2.24) is 10.2 Å². The molecule has 4 nitrogen and oxygen atoms in total. The van der Waals surface area contributed by atoms with E-state index in [0.29, 0.717) is 19.0 Å². The van der Waals surface area contributed by atoms with Crippen molar-refractivity contribution < 1.29 is 4.79 Å². The number of carbonyl (C=O) groups excluding carboxylic acids is 1. The summed E-state index contributed by atoms with van der Waals surface area (Å²) in [5.74, 6) is 0.487. The molecule has 72 valence electrons. The third-order valence-electron chi connectivity index (χ3n) is 1.72. The predicted molar refractivity (Wildman–Crippen MR) is 49.8 cm³/mol. The lowest BCUT2D eigenvalue weighted by molar-refractivity contribution is -0.121. The summed E-state index contributed by atoms with van der Waals surface area (Å²) in [6.45, 7) is 4.04. The standard InChI is InChI=1S/C8H19N3O/c1-7(4-9)5-11(3)6-8(12)10-2/h7H,4-6,9H2,1-3H3,(H,10,12). The molecule has 0 heterocycles. The molecule has 0 aromatic rings. The first-order valence-corrected chi connectivity index (χ1v) is 4.19. The summed E-state index contributed by atoms with van der Waals surface area (Å²) in [5.41, 5.74) is 5.46. The highest BCUT2D eigenvalue weighted by molar-refractivity contribution is 5.77. The van der Waals surface area contributed by atoms with Crippen LogP contribution in [-0.2, 0) is 4.79 Å². The normalized spacial score (nSPS) is 13.1. The molecular weight excluding hydrogens is 154 g/mol. The van der Waals surface area contributed by atoms with Crippen LogP contribution in [0.25, 0.3) is 0 Å². The lowest BCUT2D eigenvalue weighted by Crippen LogP contribution is -2.36. The van der Waals surface area contributed by atoms with Crippen LogP contribution < -0.4 is 11.1 Å². The van der Waals surface area contributed by atoms with Crippen LogP contribution in [0.2, 0.25) is 0 Å². The number of nitrogens with one attached hydrogen (secondary N) is 1. The first kappa shape index (κ1) is 11.4. The van der Waals surface area contributed by atoms with Crippen LogP contribution in [0.4, 0.5) is 0 Å². The molecule has 3 N–H and O–H groups in total. The van der Waals surface area contributed by atoms with Gasteiger partial charge in [-0.25, -0.2) is 0 Å². The Morgan fingerprint density at radius 1 is 1.67 bits per heavy atom. The van der Waals surface area contributed by atoms with E-state index in [1.807, 2.05) is 11.9 Å². The van der Waals surface area contributed by atoms with Crippen molar-refractivity contribution in [2.75, 3.05) is 33.7 Å². The maximum Gasteiger partial charge on any atom is 0.233 e. The van der Waals surface area contributed by atoms with Gasteiger partial charge in [-0.15, -0.1) is 0 Å². The van der Waals surface area contributed by atoms with Crippen LogP contribution in [0.1, 0.15) is 6.92 Å². The SMILES string of the molecule is CNC(=O)CN(C)CC(C)CN. The molecule has 0 bridgehead atoms. The predicted octanol–water partition coefficient (Wildman–Crippen LogP) is -0.741. The van der Waals surface area contributed by atoms with Gasteiger partial charge in [0, 0.05) is 13.6 Å². The Labute approximate surface area is 74.1 Å². The van der Waals surface area contributed by atoms with Gasteiger partial charge in [0.05, 0.1) is 6.54 Å². The fraction of sp³-hybridized carbons (Fsp3) is 0.875. The molecule has 0 aliphatic heterocycles. The first-order chi connectivity index (χ1) is 5.60. The number of likely N-dealkylation sites (N-methyl/N-ethyl adjacent to an activating group) is 2. The summed E-state index contributed by atoms with van der Waals surface area (Å²) in [6.07, 6.45) is 0. The molecule has 4 heteroatoms. The van der Waals surface area contributed by atoms with Crippen molar-refractivity contribution >= 4 is 5.91 Å². The van der Waals surface area contributed by atoms with Gasteiger partial charge in [0.15, 0.2) is 0 Å². The average Bonchev–Trinajstić information content (AvgIpc) is 2.03. The molecule has 0 aromatic carbocycles. The number of rotatable bonds is 5. The number of hydrogen-bond donors (Lipinski definition) is 2. The van der Waals surface area contributed by atoms with Crippen molar-refractivity contribution in [2.45, 2.75) is 6.92 Å². The molecule has 0 fully saturated rings. The Hall–Kier alpha value is -0.610. The number of nitrogens with zero attached hydrogens (tertiary/aromatic N) is 1. The molecule has 0 rings (SSSR count). The van der Waals surface area contributed by atoms with Gasteiger partial charge in [0.1, 0.15) is 0 Å². The lowest BCUT2D eigenvalue weighted by atomic mass is 10.2. The Kier molecular flexibility index (Phi) is 5.66. The van der Waals surface area contributed by atoms with Gasteiger partial charge in [0.25, 0.3) is 0 Å². The van der Waals surface area contributed by atoms with Crippen LogP contribution >= 0.6 is 0 Å². The van der Waals surface area contributed by atoms with E-state index in [0.717, 1.165) is 6.54 Å². The van der Waals surface area contributed by atoms with Gasteiger partial charge in [0.2, 0.25) is 5.91 Å². The van der Waals surface area contributed by atoms with Crippen LogP contribution in [0.15, 0.2) is 0 Å². The summed E-state index contributed by atoms with van der Waals surface area (Å²) in [7, 11) is 3.56. The summed E-state index contributed by atoms with van der Waals surface area (Å²) < 4.78 is 0.